The van der Waals surface area contributed by atoms with Gasteiger partial charge in [-0.1, -0.05) is 23.7 Å². The van der Waals surface area contributed by atoms with E-state index in [1.807, 2.05) is 36.7 Å². The monoisotopic (exact) mass is 300 g/mol. The number of imidazole rings is 1. The molecule has 0 aliphatic rings. The van der Waals surface area contributed by atoms with Crippen LogP contribution in [0.5, 0.6) is 0 Å². The summed E-state index contributed by atoms with van der Waals surface area (Å²) in [5.41, 5.74) is 3.67. The van der Waals surface area contributed by atoms with Crippen LogP contribution in [0.2, 0.25) is 5.02 Å². The first-order valence-corrected chi connectivity index (χ1v) is 6.82. The van der Waals surface area contributed by atoms with Crippen LogP contribution in [0.3, 0.4) is 0 Å². The Kier molecular flexibility index (Phi) is 3.18. The maximum absolute atomic E-state index is 11.1. The van der Waals surface area contributed by atoms with Crippen LogP contribution in [0.1, 0.15) is 15.9 Å². The second-order valence-corrected chi connectivity index (χ2v) is 5.32. The van der Waals surface area contributed by atoms with Crippen molar-refractivity contribution < 1.29 is 9.90 Å². The van der Waals surface area contributed by atoms with Gasteiger partial charge < -0.3 is 9.67 Å². The number of benzene rings is 2. The molecule has 0 saturated carbocycles. The van der Waals surface area contributed by atoms with Gasteiger partial charge in [-0.05, 0) is 36.8 Å². The van der Waals surface area contributed by atoms with Crippen molar-refractivity contribution in [3.8, 4) is 11.4 Å². The molecule has 0 fully saturated rings. The van der Waals surface area contributed by atoms with Crippen molar-refractivity contribution >= 4 is 28.6 Å². The molecule has 0 radical (unpaired) electrons. The summed E-state index contributed by atoms with van der Waals surface area (Å²) in [5, 5.41) is 9.75. The van der Waals surface area contributed by atoms with E-state index >= 15 is 0 Å². The summed E-state index contributed by atoms with van der Waals surface area (Å²) in [6, 6.07) is 10.6. The third kappa shape index (κ3) is 2.17. The number of carboxylic acids is 1. The average molecular weight is 301 g/mol. The fourth-order valence-corrected chi connectivity index (χ4v) is 2.60. The van der Waals surface area contributed by atoms with Gasteiger partial charge in [0.25, 0.3) is 0 Å². The molecule has 0 amide bonds. The van der Waals surface area contributed by atoms with Crippen LogP contribution < -0.4 is 0 Å². The summed E-state index contributed by atoms with van der Waals surface area (Å²) in [6.45, 7) is 1.94. The van der Waals surface area contributed by atoms with Crippen molar-refractivity contribution in [3.05, 3.63) is 52.5 Å². The summed E-state index contributed by atoms with van der Waals surface area (Å²) < 4.78 is 1.94. The highest BCUT2D eigenvalue weighted by atomic mass is 35.5. The zero-order valence-corrected chi connectivity index (χ0v) is 12.3. The van der Waals surface area contributed by atoms with Gasteiger partial charge in [-0.2, -0.15) is 0 Å². The minimum atomic E-state index is -0.956. The molecule has 3 aromatic rings. The molecular formula is C16H13ClN2O2. The van der Waals surface area contributed by atoms with E-state index in [0.717, 1.165) is 22.5 Å². The van der Waals surface area contributed by atoms with Gasteiger partial charge in [0.15, 0.2) is 0 Å². The van der Waals surface area contributed by atoms with Crippen LogP contribution in [-0.4, -0.2) is 20.6 Å². The lowest BCUT2D eigenvalue weighted by Gasteiger charge is -2.07. The molecule has 5 heteroatoms. The van der Waals surface area contributed by atoms with Crippen LogP contribution >= 0.6 is 11.6 Å². The molecule has 0 spiro atoms. The maximum atomic E-state index is 11.1. The number of carboxylic acid groups (broad SMARTS) is 1. The molecule has 4 nitrogen and oxygen atoms in total. The lowest BCUT2D eigenvalue weighted by atomic mass is 10.1. The second-order valence-electron chi connectivity index (χ2n) is 4.92. The Labute approximate surface area is 126 Å². The number of aryl methyl sites for hydroxylation is 1. The van der Waals surface area contributed by atoms with Crippen molar-refractivity contribution in [3.63, 3.8) is 0 Å². The molecule has 0 aliphatic heterocycles. The standard InChI is InChI=1S/C16H13ClN2O2/c1-9-11(4-3-5-12(9)17)15-18-13-8-10(16(20)21)6-7-14(13)19(15)2/h3-8H,1-2H3,(H,20,21). The van der Waals surface area contributed by atoms with E-state index in [2.05, 4.69) is 4.98 Å². The lowest BCUT2D eigenvalue weighted by Crippen LogP contribution is -1.96. The fourth-order valence-electron chi connectivity index (χ4n) is 2.42. The smallest absolute Gasteiger partial charge is 0.335 e. The molecule has 3 rings (SSSR count). The van der Waals surface area contributed by atoms with Crippen LogP contribution in [0, 0.1) is 6.92 Å². The van der Waals surface area contributed by atoms with Crippen LogP contribution in [0.4, 0.5) is 0 Å². The number of aromatic carboxylic acids is 1. The molecule has 1 N–H and O–H groups in total. The zero-order valence-electron chi connectivity index (χ0n) is 11.6. The topological polar surface area (TPSA) is 55.1 Å². The summed E-state index contributed by atoms with van der Waals surface area (Å²) in [7, 11) is 1.91. The Bertz CT molecular complexity index is 868. The van der Waals surface area contributed by atoms with E-state index in [4.69, 9.17) is 16.7 Å². The van der Waals surface area contributed by atoms with E-state index in [1.165, 1.54) is 0 Å². The van der Waals surface area contributed by atoms with Gasteiger partial charge >= 0.3 is 5.97 Å². The highest BCUT2D eigenvalue weighted by Gasteiger charge is 2.14. The number of rotatable bonds is 2. The Morgan fingerprint density at radius 2 is 2.05 bits per heavy atom. The Morgan fingerprint density at radius 3 is 2.76 bits per heavy atom. The van der Waals surface area contributed by atoms with E-state index in [9.17, 15) is 4.79 Å². The zero-order chi connectivity index (χ0) is 15.1. The van der Waals surface area contributed by atoms with Crippen molar-refractivity contribution in [2.45, 2.75) is 6.92 Å². The van der Waals surface area contributed by atoms with E-state index in [0.29, 0.717) is 10.5 Å². The van der Waals surface area contributed by atoms with Crippen molar-refractivity contribution in [1.29, 1.82) is 0 Å². The number of hydrogen-bond donors (Lipinski definition) is 1. The minimum absolute atomic E-state index is 0.231. The van der Waals surface area contributed by atoms with Gasteiger partial charge in [-0.25, -0.2) is 9.78 Å². The molecule has 106 valence electrons. The first kappa shape index (κ1) is 13.6. The minimum Gasteiger partial charge on any atom is -0.478 e. The molecule has 0 unspecified atom stereocenters. The predicted molar refractivity (Wildman–Crippen MR) is 82.9 cm³/mol. The molecular weight excluding hydrogens is 288 g/mol. The first-order chi connectivity index (χ1) is 9.99. The normalized spacial score (nSPS) is 11.0. The summed E-state index contributed by atoms with van der Waals surface area (Å²) in [6.07, 6.45) is 0. The Morgan fingerprint density at radius 1 is 1.29 bits per heavy atom. The molecule has 21 heavy (non-hydrogen) atoms. The highest BCUT2D eigenvalue weighted by Crippen LogP contribution is 2.30. The molecule has 1 heterocycles. The molecule has 0 atom stereocenters. The van der Waals surface area contributed by atoms with E-state index < -0.39 is 5.97 Å². The number of nitrogens with zero attached hydrogens (tertiary/aromatic N) is 2. The van der Waals surface area contributed by atoms with Crippen molar-refractivity contribution in [2.75, 3.05) is 0 Å². The SMILES string of the molecule is Cc1c(Cl)cccc1-c1nc2cc(C(=O)O)ccc2n1C. The van der Waals surface area contributed by atoms with Crippen molar-refractivity contribution in [1.82, 2.24) is 9.55 Å². The lowest BCUT2D eigenvalue weighted by molar-refractivity contribution is 0.0697. The Balaban J connectivity index is 2.26. The van der Waals surface area contributed by atoms with E-state index in [-0.39, 0.29) is 5.56 Å². The van der Waals surface area contributed by atoms with Gasteiger partial charge in [-0.3, -0.25) is 0 Å². The van der Waals surface area contributed by atoms with Gasteiger partial charge in [0, 0.05) is 17.6 Å². The number of carbonyl (C=O) groups is 1. The summed E-state index contributed by atoms with van der Waals surface area (Å²) in [5.74, 6) is -0.185. The average Bonchev–Trinajstić information content (AvgIpc) is 2.78. The van der Waals surface area contributed by atoms with Gasteiger partial charge in [0.1, 0.15) is 5.82 Å². The predicted octanol–water partition coefficient (Wildman–Crippen LogP) is 3.90. The van der Waals surface area contributed by atoms with Gasteiger partial charge in [0.05, 0.1) is 16.6 Å². The van der Waals surface area contributed by atoms with E-state index in [1.54, 1.807) is 18.2 Å². The number of aromatic nitrogens is 2. The van der Waals surface area contributed by atoms with Crippen LogP contribution in [-0.2, 0) is 7.05 Å². The third-order valence-corrected chi connectivity index (χ3v) is 4.05. The summed E-state index contributed by atoms with van der Waals surface area (Å²) in [4.78, 5) is 15.6. The van der Waals surface area contributed by atoms with Gasteiger partial charge in [-0.15, -0.1) is 0 Å². The van der Waals surface area contributed by atoms with Crippen LogP contribution in [0.15, 0.2) is 36.4 Å². The number of hydrogen-bond acceptors (Lipinski definition) is 2. The molecule has 1 aromatic heterocycles. The largest absolute Gasteiger partial charge is 0.478 e. The van der Waals surface area contributed by atoms with Gasteiger partial charge in [0.2, 0.25) is 0 Å². The van der Waals surface area contributed by atoms with Crippen LogP contribution in [0.25, 0.3) is 22.4 Å². The molecule has 0 aliphatic carbocycles. The number of fused-ring (bicyclic) bond motifs is 1. The third-order valence-electron chi connectivity index (χ3n) is 3.64. The summed E-state index contributed by atoms with van der Waals surface area (Å²) >= 11 is 6.17. The quantitative estimate of drug-likeness (QED) is 0.781. The Hall–Kier alpha value is -2.33. The molecule has 0 saturated heterocycles. The second kappa shape index (κ2) is 4.90. The fraction of sp³-hybridized carbons (Fsp3) is 0.125. The highest BCUT2D eigenvalue weighted by molar-refractivity contribution is 6.31. The maximum Gasteiger partial charge on any atom is 0.335 e. The number of halogens is 1. The molecule has 2 aromatic carbocycles. The first-order valence-electron chi connectivity index (χ1n) is 6.44. The molecule has 0 bridgehead atoms. The van der Waals surface area contributed by atoms with Crippen molar-refractivity contribution in [2.24, 2.45) is 7.05 Å².